The predicted molar refractivity (Wildman–Crippen MR) is 123 cm³/mol. The molecule has 7 nitrogen and oxygen atoms in total. The molecule has 1 heterocycles. The average molecular weight is 427 g/mol. The van der Waals surface area contributed by atoms with Crippen molar-refractivity contribution in [1.82, 2.24) is 20.4 Å². The molecule has 1 aliphatic heterocycles. The third-order valence-corrected chi connectivity index (χ3v) is 6.38. The van der Waals surface area contributed by atoms with Gasteiger partial charge in [0.1, 0.15) is 0 Å². The molecule has 1 aliphatic carbocycles. The SMILES string of the molecule is CCC(C)NC(=O)NCC1CCCCC1.CCOC(=O)N1CCC(N(C)CC)CC1. The molecule has 0 bridgehead atoms. The quantitative estimate of drug-likeness (QED) is 0.639. The van der Waals surface area contributed by atoms with Crippen LogP contribution in [0.15, 0.2) is 0 Å². The molecule has 1 saturated carbocycles. The number of nitrogens with zero attached hydrogens (tertiary/aromatic N) is 2. The summed E-state index contributed by atoms with van der Waals surface area (Å²) in [5, 5.41) is 5.89. The number of piperidine rings is 1. The van der Waals surface area contributed by atoms with Crippen LogP contribution in [-0.4, -0.2) is 73.8 Å². The lowest BCUT2D eigenvalue weighted by Crippen LogP contribution is -2.45. The summed E-state index contributed by atoms with van der Waals surface area (Å²) in [7, 11) is 2.14. The van der Waals surface area contributed by atoms with Gasteiger partial charge in [-0.05, 0) is 65.5 Å². The van der Waals surface area contributed by atoms with Crippen molar-refractivity contribution in [3.63, 3.8) is 0 Å². The second-order valence-electron chi connectivity index (χ2n) is 8.66. The monoisotopic (exact) mass is 426 g/mol. The van der Waals surface area contributed by atoms with Gasteiger partial charge in [0.05, 0.1) is 6.61 Å². The van der Waals surface area contributed by atoms with E-state index < -0.39 is 0 Å². The number of hydrogen-bond donors (Lipinski definition) is 2. The van der Waals surface area contributed by atoms with Gasteiger partial charge < -0.3 is 25.2 Å². The zero-order valence-corrected chi connectivity index (χ0v) is 20.0. The molecule has 0 aromatic rings. The molecular weight excluding hydrogens is 380 g/mol. The van der Waals surface area contributed by atoms with Crippen LogP contribution in [-0.2, 0) is 4.74 Å². The molecule has 7 heteroatoms. The van der Waals surface area contributed by atoms with Crippen molar-refractivity contribution < 1.29 is 14.3 Å². The van der Waals surface area contributed by atoms with E-state index in [0.717, 1.165) is 45.4 Å². The van der Waals surface area contributed by atoms with E-state index in [1.165, 1.54) is 32.1 Å². The minimum Gasteiger partial charge on any atom is -0.450 e. The van der Waals surface area contributed by atoms with E-state index in [-0.39, 0.29) is 18.2 Å². The van der Waals surface area contributed by atoms with E-state index in [9.17, 15) is 9.59 Å². The second-order valence-corrected chi connectivity index (χ2v) is 8.66. The molecule has 2 fully saturated rings. The van der Waals surface area contributed by atoms with Gasteiger partial charge in [0.25, 0.3) is 0 Å². The van der Waals surface area contributed by atoms with Crippen LogP contribution in [0.2, 0.25) is 0 Å². The topological polar surface area (TPSA) is 73.9 Å². The van der Waals surface area contributed by atoms with Gasteiger partial charge in [-0.1, -0.05) is 33.1 Å². The van der Waals surface area contributed by atoms with E-state index in [4.69, 9.17) is 4.74 Å². The fourth-order valence-corrected chi connectivity index (χ4v) is 3.97. The summed E-state index contributed by atoms with van der Waals surface area (Å²) in [6, 6.07) is 0.895. The van der Waals surface area contributed by atoms with Gasteiger partial charge >= 0.3 is 12.1 Å². The predicted octanol–water partition coefficient (Wildman–Crippen LogP) is 4.22. The van der Waals surface area contributed by atoms with E-state index in [2.05, 4.69) is 36.4 Å². The van der Waals surface area contributed by atoms with Crippen LogP contribution in [0.1, 0.15) is 79.1 Å². The van der Waals surface area contributed by atoms with Gasteiger partial charge in [-0.15, -0.1) is 0 Å². The van der Waals surface area contributed by atoms with Crippen molar-refractivity contribution in [2.75, 3.05) is 39.8 Å². The van der Waals surface area contributed by atoms with Gasteiger partial charge in [0.2, 0.25) is 0 Å². The first kappa shape index (κ1) is 26.5. The van der Waals surface area contributed by atoms with Crippen LogP contribution >= 0.6 is 0 Å². The summed E-state index contributed by atoms with van der Waals surface area (Å²) in [4.78, 5) is 27.0. The lowest BCUT2D eigenvalue weighted by Gasteiger charge is -2.35. The zero-order chi connectivity index (χ0) is 22.4. The number of urea groups is 1. The number of hydrogen-bond acceptors (Lipinski definition) is 4. The van der Waals surface area contributed by atoms with Crippen LogP contribution in [0.4, 0.5) is 9.59 Å². The number of likely N-dealkylation sites (tertiary alicyclic amines) is 1. The van der Waals surface area contributed by atoms with E-state index in [1.54, 1.807) is 0 Å². The smallest absolute Gasteiger partial charge is 0.409 e. The number of carbonyl (C=O) groups is 2. The lowest BCUT2D eigenvalue weighted by atomic mass is 9.89. The number of amides is 3. The molecule has 0 aromatic heterocycles. The highest BCUT2D eigenvalue weighted by Gasteiger charge is 2.25. The number of rotatable bonds is 7. The molecule has 176 valence electrons. The Bertz CT molecular complexity index is 475. The summed E-state index contributed by atoms with van der Waals surface area (Å²) < 4.78 is 4.98. The summed E-state index contributed by atoms with van der Waals surface area (Å²) in [5.74, 6) is 0.710. The molecule has 30 heavy (non-hydrogen) atoms. The van der Waals surface area contributed by atoms with E-state index in [1.807, 2.05) is 18.7 Å². The summed E-state index contributed by atoms with van der Waals surface area (Å²) >= 11 is 0. The Balaban J connectivity index is 0.000000300. The molecule has 0 aromatic carbocycles. The van der Waals surface area contributed by atoms with Crippen molar-refractivity contribution in [2.24, 2.45) is 5.92 Å². The molecule has 0 spiro atoms. The maximum absolute atomic E-state index is 11.4. The Morgan fingerprint density at radius 3 is 2.23 bits per heavy atom. The fraction of sp³-hybridized carbons (Fsp3) is 0.913. The Morgan fingerprint density at radius 2 is 1.70 bits per heavy atom. The third kappa shape index (κ3) is 10.5. The van der Waals surface area contributed by atoms with Crippen molar-refractivity contribution in [2.45, 2.75) is 91.1 Å². The number of carbonyl (C=O) groups excluding carboxylic acids is 2. The Labute approximate surface area is 184 Å². The van der Waals surface area contributed by atoms with Crippen LogP contribution < -0.4 is 10.6 Å². The van der Waals surface area contributed by atoms with E-state index in [0.29, 0.717) is 18.6 Å². The first-order valence-electron chi connectivity index (χ1n) is 12.1. The highest BCUT2D eigenvalue weighted by molar-refractivity contribution is 5.74. The number of ether oxygens (including phenoxy) is 1. The largest absolute Gasteiger partial charge is 0.450 e. The van der Waals surface area contributed by atoms with Crippen LogP contribution in [0.3, 0.4) is 0 Å². The van der Waals surface area contributed by atoms with Gasteiger partial charge in [0, 0.05) is 31.7 Å². The highest BCUT2D eigenvalue weighted by atomic mass is 16.6. The van der Waals surface area contributed by atoms with Crippen molar-refractivity contribution in [3.05, 3.63) is 0 Å². The Morgan fingerprint density at radius 1 is 1.07 bits per heavy atom. The molecule has 3 amide bonds. The molecule has 2 aliphatic rings. The van der Waals surface area contributed by atoms with E-state index >= 15 is 0 Å². The van der Waals surface area contributed by atoms with Crippen molar-refractivity contribution in [1.29, 1.82) is 0 Å². The first-order chi connectivity index (χ1) is 14.4. The zero-order valence-electron chi connectivity index (χ0n) is 20.0. The van der Waals surface area contributed by atoms with Crippen LogP contribution in [0.25, 0.3) is 0 Å². The lowest BCUT2D eigenvalue weighted by molar-refractivity contribution is 0.0818. The molecular formula is C23H46N4O3. The molecule has 1 saturated heterocycles. The summed E-state index contributed by atoms with van der Waals surface area (Å²) in [6.07, 6.45) is 9.54. The average Bonchev–Trinajstić information content (AvgIpc) is 2.78. The molecule has 0 radical (unpaired) electrons. The minimum absolute atomic E-state index is 0.00470. The normalized spacial score (nSPS) is 18.9. The maximum Gasteiger partial charge on any atom is 0.409 e. The van der Waals surface area contributed by atoms with Gasteiger partial charge in [0.15, 0.2) is 0 Å². The maximum atomic E-state index is 11.4. The van der Waals surface area contributed by atoms with Gasteiger partial charge in [-0.2, -0.15) is 0 Å². The van der Waals surface area contributed by atoms with Crippen LogP contribution in [0.5, 0.6) is 0 Å². The molecule has 1 unspecified atom stereocenters. The minimum atomic E-state index is -0.157. The van der Waals surface area contributed by atoms with Gasteiger partial charge in [-0.3, -0.25) is 0 Å². The van der Waals surface area contributed by atoms with Crippen LogP contribution in [0, 0.1) is 5.92 Å². The van der Waals surface area contributed by atoms with Gasteiger partial charge in [-0.25, -0.2) is 9.59 Å². The molecule has 1 atom stereocenters. The second kappa shape index (κ2) is 15.3. The molecule has 2 N–H and O–H groups in total. The van der Waals surface area contributed by atoms with Crippen molar-refractivity contribution in [3.8, 4) is 0 Å². The van der Waals surface area contributed by atoms with Crippen molar-refractivity contribution >= 4 is 12.1 Å². The summed E-state index contributed by atoms with van der Waals surface area (Å²) in [5.41, 5.74) is 0. The third-order valence-electron chi connectivity index (χ3n) is 6.38. The Kier molecular flexibility index (Phi) is 13.6. The number of nitrogens with one attached hydrogen (secondary N) is 2. The highest BCUT2D eigenvalue weighted by Crippen LogP contribution is 2.22. The summed E-state index contributed by atoms with van der Waals surface area (Å²) in [6.45, 7) is 12.2. The molecule has 2 rings (SSSR count). The first-order valence-corrected chi connectivity index (χ1v) is 12.1. The Hall–Kier alpha value is -1.50. The standard InChI is InChI=1S/C12H24N2O.C11H22N2O2/c1-3-10(2)14-12(15)13-9-11-7-5-4-6-8-11;1-4-12(3)10-6-8-13(9-7-10)11(14)15-5-2/h10-11H,3-9H2,1-2H3,(H2,13,14,15);10H,4-9H2,1-3H3. The fourth-order valence-electron chi connectivity index (χ4n) is 3.97.